The van der Waals surface area contributed by atoms with E-state index in [-0.39, 0.29) is 12.8 Å². The molecule has 0 bridgehead atoms. The predicted molar refractivity (Wildman–Crippen MR) is 53.4 cm³/mol. The highest BCUT2D eigenvalue weighted by molar-refractivity contribution is 7.90. The predicted octanol–water partition coefficient (Wildman–Crippen LogP) is 1.02. The van der Waals surface area contributed by atoms with Crippen LogP contribution >= 0.6 is 0 Å². The number of alkyl halides is 3. The first-order valence-electron chi connectivity index (χ1n) is 4.75. The van der Waals surface area contributed by atoms with E-state index in [9.17, 15) is 21.6 Å². The van der Waals surface area contributed by atoms with Crippen LogP contribution in [0, 0.1) is 0 Å². The van der Waals surface area contributed by atoms with Crippen molar-refractivity contribution in [2.24, 2.45) is 0 Å². The quantitative estimate of drug-likeness (QED) is 0.752. The van der Waals surface area contributed by atoms with E-state index in [1.165, 1.54) is 11.6 Å². The number of aliphatic hydroxyl groups is 1. The van der Waals surface area contributed by atoms with Crippen molar-refractivity contribution >= 4 is 10.0 Å². The van der Waals surface area contributed by atoms with Gasteiger partial charge in [0.1, 0.15) is 6.54 Å². The number of hydrogen-bond acceptors (Lipinski definition) is 3. The average Bonchev–Trinajstić information content (AvgIpc) is 2.14. The molecule has 0 rings (SSSR count). The van der Waals surface area contributed by atoms with Crippen LogP contribution in [0.3, 0.4) is 0 Å². The summed E-state index contributed by atoms with van der Waals surface area (Å²) in [5.74, 6) is 0. The minimum absolute atomic E-state index is 0.101. The van der Waals surface area contributed by atoms with E-state index in [0.29, 0.717) is 0 Å². The third-order valence-corrected chi connectivity index (χ3v) is 4.81. The third-order valence-electron chi connectivity index (χ3n) is 2.50. The van der Waals surface area contributed by atoms with Gasteiger partial charge in [-0.2, -0.15) is 13.2 Å². The lowest BCUT2D eigenvalue weighted by molar-refractivity contribution is -0.121. The van der Waals surface area contributed by atoms with Crippen molar-refractivity contribution in [3.63, 3.8) is 0 Å². The van der Waals surface area contributed by atoms with Crippen LogP contribution in [-0.2, 0) is 10.0 Å². The van der Waals surface area contributed by atoms with Crippen LogP contribution in [0.15, 0.2) is 0 Å². The van der Waals surface area contributed by atoms with Crippen LogP contribution in [0.2, 0.25) is 0 Å². The molecule has 0 aliphatic carbocycles. The van der Waals surface area contributed by atoms with E-state index < -0.39 is 34.1 Å². The molecule has 2 N–H and O–H groups in total. The maximum atomic E-state index is 11.9. The van der Waals surface area contributed by atoms with E-state index >= 15 is 0 Å². The first kappa shape index (κ1) is 15.7. The Kier molecular flexibility index (Phi) is 5.21. The molecule has 0 heterocycles. The minimum Gasteiger partial charge on any atom is -0.396 e. The summed E-state index contributed by atoms with van der Waals surface area (Å²) in [6.45, 7) is 0.873. The molecule has 0 fully saturated rings. The smallest absolute Gasteiger partial charge is 0.396 e. The van der Waals surface area contributed by atoms with Gasteiger partial charge in [0, 0.05) is 6.61 Å². The molecule has 0 saturated carbocycles. The van der Waals surface area contributed by atoms with E-state index in [0.717, 1.165) is 0 Å². The molecule has 1 atom stereocenters. The van der Waals surface area contributed by atoms with Crippen molar-refractivity contribution < 1.29 is 26.7 Å². The molecule has 0 spiro atoms. The summed E-state index contributed by atoms with van der Waals surface area (Å²) in [5.41, 5.74) is 0. The first-order chi connectivity index (χ1) is 7.08. The van der Waals surface area contributed by atoms with Gasteiger partial charge in [0.2, 0.25) is 10.0 Å². The van der Waals surface area contributed by atoms with Gasteiger partial charge in [-0.25, -0.2) is 13.1 Å². The standard InChI is InChI=1S/C8H16F3NO3S/c1-3-7(2,4-5-13)16(14,15)12-6-8(9,10)11/h12-13H,3-6H2,1-2H3. The molecule has 0 aromatic rings. The third kappa shape index (κ3) is 4.26. The molecule has 4 nitrogen and oxygen atoms in total. The molecule has 0 aliphatic rings. The Hall–Kier alpha value is -0.340. The lowest BCUT2D eigenvalue weighted by atomic mass is 10.1. The van der Waals surface area contributed by atoms with Gasteiger partial charge >= 0.3 is 6.18 Å². The number of sulfonamides is 1. The van der Waals surface area contributed by atoms with Crippen molar-refractivity contribution in [3.05, 3.63) is 0 Å². The minimum atomic E-state index is -4.58. The van der Waals surface area contributed by atoms with Crippen LogP contribution in [-0.4, -0.2) is 37.6 Å². The molecular weight excluding hydrogens is 247 g/mol. The lowest BCUT2D eigenvalue weighted by Gasteiger charge is -2.27. The highest BCUT2D eigenvalue weighted by Crippen LogP contribution is 2.25. The summed E-state index contributed by atoms with van der Waals surface area (Å²) in [6.07, 6.45) is -4.56. The normalized spacial score (nSPS) is 17.1. The van der Waals surface area contributed by atoms with Gasteiger partial charge in [-0.05, 0) is 19.8 Å². The SMILES string of the molecule is CCC(C)(CCO)S(=O)(=O)NCC(F)(F)F. The second kappa shape index (κ2) is 5.33. The lowest BCUT2D eigenvalue weighted by Crippen LogP contribution is -2.47. The molecule has 8 heteroatoms. The molecule has 1 unspecified atom stereocenters. The summed E-state index contributed by atoms with van der Waals surface area (Å²) >= 11 is 0. The van der Waals surface area contributed by atoms with Crippen molar-refractivity contribution in [2.45, 2.75) is 37.6 Å². The number of halogens is 3. The number of hydrogen-bond donors (Lipinski definition) is 2. The van der Waals surface area contributed by atoms with Gasteiger partial charge in [-0.1, -0.05) is 6.92 Å². The van der Waals surface area contributed by atoms with Gasteiger partial charge in [0.05, 0.1) is 4.75 Å². The van der Waals surface area contributed by atoms with Gasteiger partial charge in [0.15, 0.2) is 0 Å². The van der Waals surface area contributed by atoms with Crippen molar-refractivity contribution in [3.8, 4) is 0 Å². The van der Waals surface area contributed by atoms with Crippen molar-refractivity contribution in [2.75, 3.05) is 13.2 Å². The molecule has 0 radical (unpaired) electrons. The highest BCUT2D eigenvalue weighted by atomic mass is 32.2. The van der Waals surface area contributed by atoms with Crippen molar-refractivity contribution in [1.29, 1.82) is 0 Å². The van der Waals surface area contributed by atoms with E-state index in [4.69, 9.17) is 5.11 Å². The summed E-state index contributed by atoms with van der Waals surface area (Å²) in [7, 11) is -4.10. The molecular formula is C8H16F3NO3S. The first-order valence-corrected chi connectivity index (χ1v) is 6.23. The molecule has 0 saturated heterocycles. The molecule has 0 aromatic heterocycles. The Morgan fingerprint density at radius 3 is 2.12 bits per heavy atom. The fourth-order valence-electron chi connectivity index (χ4n) is 1.09. The zero-order valence-electron chi connectivity index (χ0n) is 9.13. The number of rotatable bonds is 6. The topological polar surface area (TPSA) is 66.4 Å². The molecule has 0 aliphatic heterocycles. The number of nitrogens with one attached hydrogen (secondary N) is 1. The van der Waals surface area contributed by atoms with Gasteiger partial charge in [0.25, 0.3) is 0 Å². The van der Waals surface area contributed by atoms with E-state index in [1.807, 2.05) is 0 Å². The van der Waals surface area contributed by atoms with Crippen LogP contribution in [0.1, 0.15) is 26.7 Å². The van der Waals surface area contributed by atoms with Crippen LogP contribution < -0.4 is 4.72 Å². The average molecular weight is 263 g/mol. The summed E-state index contributed by atoms with van der Waals surface area (Å²) in [5, 5.41) is 8.71. The molecule has 98 valence electrons. The zero-order valence-corrected chi connectivity index (χ0v) is 9.95. The summed E-state index contributed by atoms with van der Waals surface area (Å²) in [4.78, 5) is 0. The maximum absolute atomic E-state index is 11.9. The van der Waals surface area contributed by atoms with Gasteiger partial charge in [-0.3, -0.25) is 0 Å². The Balaban J connectivity index is 4.76. The molecule has 0 amide bonds. The van der Waals surface area contributed by atoms with Crippen LogP contribution in [0.4, 0.5) is 13.2 Å². The molecule has 16 heavy (non-hydrogen) atoms. The largest absolute Gasteiger partial charge is 0.402 e. The van der Waals surface area contributed by atoms with Crippen molar-refractivity contribution in [1.82, 2.24) is 4.72 Å². The fraction of sp³-hybridized carbons (Fsp3) is 1.00. The Morgan fingerprint density at radius 1 is 1.31 bits per heavy atom. The van der Waals surface area contributed by atoms with Crippen LogP contribution in [0.25, 0.3) is 0 Å². The van der Waals surface area contributed by atoms with Gasteiger partial charge in [-0.15, -0.1) is 0 Å². The molecule has 0 aromatic carbocycles. The second-order valence-corrected chi connectivity index (χ2v) is 6.00. The monoisotopic (exact) mass is 263 g/mol. The van der Waals surface area contributed by atoms with Gasteiger partial charge < -0.3 is 5.11 Å². The van der Waals surface area contributed by atoms with Crippen LogP contribution in [0.5, 0.6) is 0 Å². The summed E-state index contributed by atoms with van der Waals surface area (Å²) in [6, 6.07) is 0. The number of aliphatic hydroxyl groups excluding tert-OH is 1. The van der Waals surface area contributed by atoms with E-state index in [1.54, 1.807) is 6.92 Å². The Bertz CT molecular complexity index is 315. The second-order valence-electron chi connectivity index (χ2n) is 3.72. The zero-order chi connectivity index (χ0) is 13.0. The Morgan fingerprint density at radius 2 is 1.81 bits per heavy atom. The Labute approximate surface area is 92.9 Å². The highest BCUT2D eigenvalue weighted by Gasteiger charge is 2.39. The maximum Gasteiger partial charge on any atom is 0.402 e. The summed E-state index contributed by atoms with van der Waals surface area (Å²) < 4.78 is 59.0. The fourth-order valence-corrected chi connectivity index (χ4v) is 2.53. The van der Waals surface area contributed by atoms with E-state index in [2.05, 4.69) is 0 Å².